The lowest BCUT2D eigenvalue weighted by Gasteiger charge is -2.39. The molecule has 2 saturated heterocycles. The molecule has 0 spiro atoms. The van der Waals surface area contributed by atoms with Gasteiger partial charge < -0.3 is 10.2 Å². The summed E-state index contributed by atoms with van der Waals surface area (Å²) in [6.45, 7) is 11.5. The molecule has 3 atom stereocenters. The first kappa shape index (κ1) is 13.8. The van der Waals surface area contributed by atoms with Crippen LogP contribution in [0, 0.1) is 5.92 Å². The molecule has 0 aromatic heterocycles. The molecule has 0 radical (unpaired) electrons. The van der Waals surface area contributed by atoms with Crippen LogP contribution in [0.2, 0.25) is 0 Å². The SMILES string of the molecule is CCC(C)N1CCN(C(=O)C2CCNC2C)CC1. The number of nitrogens with zero attached hydrogens (tertiary/aromatic N) is 2. The molecular formula is C14H27N3O. The molecule has 0 bridgehead atoms. The predicted molar refractivity (Wildman–Crippen MR) is 73.5 cm³/mol. The van der Waals surface area contributed by atoms with Crippen molar-refractivity contribution in [2.24, 2.45) is 5.92 Å². The summed E-state index contributed by atoms with van der Waals surface area (Å²) in [6, 6.07) is 0.999. The van der Waals surface area contributed by atoms with Gasteiger partial charge in [0, 0.05) is 38.3 Å². The van der Waals surface area contributed by atoms with Crippen molar-refractivity contribution in [2.75, 3.05) is 32.7 Å². The molecular weight excluding hydrogens is 226 g/mol. The highest BCUT2D eigenvalue weighted by atomic mass is 16.2. The largest absolute Gasteiger partial charge is 0.340 e. The van der Waals surface area contributed by atoms with Crippen molar-refractivity contribution in [3.05, 3.63) is 0 Å². The van der Waals surface area contributed by atoms with E-state index in [2.05, 4.69) is 35.9 Å². The summed E-state index contributed by atoms with van der Waals surface area (Å²) in [7, 11) is 0. The van der Waals surface area contributed by atoms with E-state index in [1.54, 1.807) is 0 Å². The van der Waals surface area contributed by atoms with Crippen LogP contribution < -0.4 is 5.32 Å². The summed E-state index contributed by atoms with van der Waals surface area (Å²) in [5.74, 6) is 0.580. The monoisotopic (exact) mass is 253 g/mol. The van der Waals surface area contributed by atoms with Gasteiger partial charge in [0.25, 0.3) is 0 Å². The highest BCUT2D eigenvalue weighted by molar-refractivity contribution is 5.80. The van der Waals surface area contributed by atoms with Crippen molar-refractivity contribution < 1.29 is 4.79 Å². The van der Waals surface area contributed by atoms with Crippen LogP contribution in [0.5, 0.6) is 0 Å². The Bertz CT molecular complexity index is 287. The van der Waals surface area contributed by atoms with Gasteiger partial charge in [-0.15, -0.1) is 0 Å². The molecule has 4 heteroatoms. The minimum atomic E-state index is 0.208. The average molecular weight is 253 g/mol. The lowest BCUT2D eigenvalue weighted by molar-refractivity contribution is -0.137. The van der Waals surface area contributed by atoms with Crippen LogP contribution in [0.25, 0.3) is 0 Å². The first-order valence-electron chi connectivity index (χ1n) is 7.39. The van der Waals surface area contributed by atoms with Gasteiger partial charge in [0.2, 0.25) is 5.91 Å². The maximum atomic E-state index is 12.4. The lowest BCUT2D eigenvalue weighted by Crippen LogP contribution is -2.53. The number of hydrogen-bond acceptors (Lipinski definition) is 3. The topological polar surface area (TPSA) is 35.6 Å². The highest BCUT2D eigenvalue weighted by Crippen LogP contribution is 2.19. The Hall–Kier alpha value is -0.610. The summed E-state index contributed by atoms with van der Waals surface area (Å²) in [4.78, 5) is 17.0. The Morgan fingerprint density at radius 2 is 2.00 bits per heavy atom. The van der Waals surface area contributed by atoms with Gasteiger partial charge >= 0.3 is 0 Å². The van der Waals surface area contributed by atoms with Crippen LogP contribution in [0.4, 0.5) is 0 Å². The van der Waals surface area contributed by atoms with Crippen molar-refractivity contribution in [3.63, 3.8) is 0 Å². The maximum absolute atomic E-state index is 12.4. The van der Waals surface area contributed by atoms with Gasteiger partial charge in [0.05, 0.1) is 5.92 Å². The van der Waals surface area contributed by atoms with E-state index in [4.69, 9.17) is 0 Å². The molecule has 0 saturated carbocycles. The predicted octanol–water partition coefficient (Wildman–Crippen LogP) is 0.927. The smallest absolute Gasteiger partial charge is 0.227 e. The molecule has 104 valence electrons. The van der Waals surface area contributed by atoms with E-state index in [1.807, 2.05) is 0 Å². The zero-order valence-corrected chi connectivity index (χ0v) is 12.0. The Kier molecular flexibility index (Phi) is 4.62. The second-order valence-electron chi connectivity index (χ2n) is 5.76. The Balaban J connectivity index is 1.84. The van der Waals surface area contributed by atoms with E-state index >= 15 is 0 Å². The quantitative estimate of drug-likeness (QED) is 0.812. The Morgan fingerprint density at radius 1 is 1.33 bits per heavy atom. The van der Waals surface area contributed by atoms with E-state index in [0.29, 0.717) is 18.0 Å². The molecule has 18 heavy (non-hydrogen) atoms. The van der Waals surface area contributed by atoms with Crippen molar-refractivity contribution in [2.45, 2.75) is 45.7 Å². The van der Waals surface area contributed by atoms with Crippen LogP contribution in [-0.2, 0) is 4.79 Å². The molecule has 0 aliphatic carbocycles. The van der Waals surface area contributed by atoms with E-state index in [1.165, 1.54) is 6.42 Å². The van der Waals surface area contributed by atoms with Gasteiger partial charge in [-0.25, -0.2) is 0 Å². The van der Waals surface area contributed by atoms with Crippen molar-refractivity contribution in [1.29, 1.82) is 0 Å². The minimum Gasteiger partial charge on any atom is -0.340 e. The van der Waals surface area contributed by atoms with Gasteiger partial charge in [-0.3, -0.25) is 9.69 Å². The number of hydrogen-bond donors (Lipinski definition) is 1. The number of carbonyl (C=O) groups excluding carboxylic acids is 1. The fourth-order valence-corrected chi connectivity index (χ4v) is 3.07. The van der Waals surface area contributed by atoms with E-state index in [-0.39, 0.29) is 5.92 Å². The standard InChI is InChI=1S/C14H27N3O/c1-4-11(2)16-7-9-17(10-8-16)14(18)13-5-6-15-12(13)3/h11-13,15H,4-10H2,1-3H3. The molecule has 0 aromatic carbocycles. The summed E-state index contributed by atoms with van der Waals surface area (Å²) in [5.41, 5.74) is 0. The second kappa shape index (κ2) is 6.02. The van der Waals surface area contributed by atoms with Crippen LogP contribution in [0.3, 0.4) is 0 Å². The molecule has 2 aliphatic rings. The van der Waals surface area contributed by atoms with Gasteiger partial charge in [-0.05, 0) is 33.2 Å². The van der Waals surface area contributed by atoms with Gasteiger partial charge in [-0.2, -0.15) is 0 Å². The number of carbonyl (C=O) groups is 1. The number of amides is 1. The van der Waals surface area contributed by atoms with Crippen LogP contribution in [-0.4, -0.2) is 60.5 Å². The summed E-state index contributed by atoms with van der Waals surface area (Å²) < 4.78 is 0. The van der Waals surface area contributed by atoms with Gasteiger partial charge in [0.15, 0.2) is 0 Å². The molecule has 2 fully saturated rings. The average Bonchev–Trinajstić information content (AvgIpc) is 2.83. The van der Waals surface area contributed by atoms with Crippen molar-refractivity contribution in [1.82, 2.24) is 15.1 Å². The van der Waals surface area contributed by atoms with Gasteiger partial charge in [0.1, 0.15) is 0 Å². The second-order valence-corrected chi connectivity index (χ2v) is 5.76. The molecule has 1 amide bonds. The fourth-order valence-electron chi connectivity index (χ4n) is 3.07. The number of rotatable bonds is 3. The van der Waals surface area contributed by atoms with Crippen LogP contribution in [0.1, 0.15) is 33.6 Å². The van der Waals surface area contributed by atoms with Crippen LogP contribution >= 0.6 is 0 Å². The molecule has 1 N–H and O–H groups in total. The first-order valence-corrected chi connectivity index (χ1v) is 7.39. The zero-order chi connectivity index (χ0) is 13.1. The Labute approximate surface area is 111 Å². The summed E-state index contributed by atoms with van der Waals surface area (Å²) in [5, 5.41) is 3.37. The molecule has 2 heterocycles. The highest BCUT2D eigenvalue weighted by Gasteiger charge is 2.34. The normalized spacial score (nSPS) is 31.6. The van der Waals surface area contributed by atoms with E-state index < -0.39 is 0 Å². The van der Waals surface area contributed by atoms with Crippen LogP contribution in [0.15, 0.2) is 0 Å². The third kappa shape index (κ3) is 2.86. The van der Waals surface area contributed by atoms with E-state index in [0.717, 1.165) is 39.1 Å². The fraction of sp³-hybridized carbons (Fsp3) is 0.929. The maximum Gasteiger partial charge on any atom is 0.227 e. The molecule has 3 unspecified atom stereocenters. The summed E-state index contributed by atoms with van der Waals surface area (Å²) in [6.07, 6.45) is 2.20. The molecule has 2 rings (SSSR count). The molecule has 2 aliphatic heterocycles. The molecule has 4 nitrogen and oxygen atoms in total. The number of piperazine rings is 1. The van der Waals surface area contributed by atoms with Gasteiger partial charge in [-0.1, -0.05) is 6.92 Å². The first-order chi connectivity index (χ1) is 8.63. The van der Waals surface area contributed by atoms with E-state index in [9.17, 15) is 4.79 Å². The third-order valence-corrected chi connectivity index (χ3v) is 4.68. The zero-order valence-electron chi connectivity index (χ0n) is 12.0. The van der Waals surface area contributed by atoms with Crippen molar-refractivity contribution in [3.8, 4) is 0 Å². The Morgan fingerprint density at radius 3 is 2.50 bits per heavy atom. The lowest BCUT2D eigenvalue weighted by atomic mass is 10.00. The molecule has 0 aromatic rings. The summed E-state index contributed by atoms with van der Waals surface area (Å²) >= 11 is 0. The van der Waals surface area contributed by atoms with Crippen molar-refractivity contribution >= 4 is 5.91 Å². The number of nitrogens with one attached hydrogen (secondary N) is 1. The minimum absolute atomic E-state index is 0.208. The third-order valence-electron chi connectivity index (χ3n) is 4.68.